The van der Waals surface area contributed by atoms with Gasteiger partial charge in [0.15, 0.2) is 5.96 Å². The topological polar surface area (TPSA) is 59.0 Å². The highest BCUT2D eigenvalue weighted by Crippen LogP contribution is 2.20. The van der Waals surface area contributed by atoms with Crippen LogP contribution >= 0.6 is 11.3 Å². The van der Waals surface area contributed by atoms with Gasteiger partial charge >= 0.3 is 0 Å². The van der Waals surface area contributed by atoms with E-state index in [1.807, 2.05) is 32.2 Å². The molecule has 6 nitrogen and oxygen atoms in total. The van der Waals surface area contributed by atoms with Crippen molar-refractivity contribution in [3.63, 3.8) is 0 Å². The molecule has 0 bridgehead atoms. The third-order valence-electron chi connectivity index (χ3n) is 4.44. The summed E-state index contributed by atoms with van der Waals surface area (Å²) in [6, 6.07) is 10.3. The Hall–Kier alpha value is -1.96. The van der Waals surface area contributed by atoms with Crippen molar-refractivity contribution in [2.24, 2.45) is 4.99 Å². The van der Waals surface area contributed by atoms with Crippen LogP contribution in [0.5, 0.6) is 0 Å². The van der Waals surface area contributed by atoms with Crippen LogP contribution in [-0.4, -0.2) is 49.7 Å². The molecule has 0 radical (unpaired) electrons. The molecule has 1 unspecified atom stereocenters. The number of nitrogens with zero attached hydrogens (tertiary/aromatic N) is 3. The molecule has 0 aliphatic rings. The molecule has 1 heterocycles. The number of aromatic nitrogens is 1. The van der Waals surface area contributed by atoms with Gasteiger partial charge in [0, 0.05) is 39.2 Å². The number of nitrogens with one attached hydrogen (secondary N) is 1. The van der Waals surface area contributed by atoms with Gasteiger partial charge in [-0.2, -0.15) is 0 Å². The number of unbranched alkanes of at least 4 members (excludes halogenated alkanes) is 1. The standard InChI is InChI=1S/C22H34N4O2S/c1-5-23-22(26(3)15-20-17-29-21(25-20)18(2)27-4)24-13-9-10-14-28-16-19-11-7-6-8-12-19/h6-8,11-12,17-18H,5,9-10,13-16H2,1-4H3,(H,23,24). The minimum Gasteiger partial charge on any atom is -0.377 e. The highest BCUT2D eigenvalue weighted by molar-refractivity contribution is 7.09. The van der Waals surface area contributed by atoms with E-state index in [1.165, 1.54) is 5.56 Å². The number of aliphatic imine (C=N–C) groups is 1. The maximum absolute atomic E-state index is 5.74. The first-order valence-electron chi connectivity index (χ1n) is 10.2. The summed E-state index contributed by atoms with van der Waals surface area (Å²) >= 11 is 1.64. The number of hydrogen-bond donors (Lipinski definition) is 1. The van der Waals surface area contributed by atoms with Gasteiger partial charge in [0.1, 0.15) is 11.1 Å². The van der Waals surface area contributed by atoms with Gasteiger partial charge in [0.25, 0.3) is 0 Å². The molecule has 2 aromatic rings. The summed E-state index contributed by atoms with van der Waals surface area (Å²) in [6.07, 6.45) is 2.04. The molecule has 1 atom stereocenters. The predicted molar refractivity (Wildman–Crippen MR) is 120 cm³/mol. The molecule has 1 N–H and O–H groups in total. The predicted octanol–water partition coefficient (Wildman–Crippen LogP) is 4.24. The second-order valence-electron chi connectivity index (χ2n) is 6.89. The van der Waals surface area contributed by atoms with E-state index < -0.39 is 0 Å². The third kappa shape index (κ3) is 8.51. The lowest BCUT2D eigenvalue weighted by Gasteiger charge is -2.21. The lowest BCUT2D eigenvalue weighted by Crippen LogP contribution is -2.38. The van der Waals surface area contributed by atoms with Crippen LogP contribution in [0.25, 0.3) is 0 Å². The molecule has 0 spiro atoms. The van der Waals surface area contributed by atoms with Crippen molar-refractivity contribution in [3.05, 3.63) is 52.0 Å². The molecule has 7 heteroatoms. The maximum Gasteiger partial charge on any atom is 0.194 e. The number of benzene rings is 1. The molecule has 0 amide bonds. The smallest absolute Gasteiger partial charge is 0.194 e. The average molecular weight is 419 g/mol. The van der Waals surface area contributed by atoms with E-state index >= 15 is 0 Å². The molecule has 0 saturated carbocycles. The fourth-order valence-corrected chi connectivity index (χ4v) is 3.58. The Morgan fingerprint density at radius 3 is 2.79 bits per heavy atom. The normalized spacial score (nSPS) is 12.8. The first-order chi connectivity index (χ1) is 14.1. The highest BCUT2D eigenvalue weighted by atomic mass is 32.1. The first kappa shape index (κ1) is 23.3. The van der Waals surface area contributed by atoms with Crippen molar-refractivity contribution in [2.75, 3.05) is 33.9 Å². The van der Waals surface area contributed by atoms with Crippen molar-refractivity contribution < 1.29 is 9.47 Å². The number of ether oxygens (including phenoxy) is 2. The summed E-state index contributed by atoms with van der Waals surface area (Å²) in [5.74, 6) is 0.909. The number of hydrogen-bond acceptors (Lipinski definition) is 5. The maximum atomic E-state index is 5.74. The monoisotopic (exact) mass is 418 g/mol. The lowest BCUT2D eigenvalue weighted by molar-refractivity contribution is 0.117. The van der Waals surface area contributed by atoms with Crippen molar-refractivity contribution in [3.8, 4) is 0 Å². The minimum absolute atomic E-state index is 0.0325. The molecular formula is C22H34N4O2S. The molecule has 1 aromatic carbocycles. The number of methoxy groups -OCH3 is 1. The van der Waals surface area contributed by atoms with E-state index in [-0.39, 0.29) is 6.10 Å². The Bertz CT molecular complexity index is 721. The SMILES string of the molecule is CCNC(=NCCCCOCc1ccccc1)N(C)Cc1csc(C(C)OC)n1. The average Bonchev–Trinajstić information content (AvgIpc) is 3.20. The van der Waals surface area contributed by atoms with Crippen molar-refractivity contribution in [1.29, 1.82) is 0 Å². The largest absolute Gasteiger partial charge is 0.377 e. The summed E-state index contributed by atoms with van der Waals surface area (Å²) in [5.41, 5.74) is 2.25. The van der Waals surface area contributed by atoms with Gasteiger partial charge in [-0.25, -0.2) is 4.98 Å². The van der Waals surface area contributed by atoms with Crippen molar-refractivity contribution >= 4 is 17.3 Å². The van der Waals surface area contributed by atoms with Crippen LogP contribution in [0.15, 0.2) is 40.7 Å². The van der Waals surface area contributed by atoms with Crippen LogP contribution in [0.3, 0.4) is 0 Å². The van der Waals surface area contributed by atoms with Crippen LogP contribution in [0.4, 0.5) is 0 Å². The third-order valence-corrected chi connectivity index (χ3v) is 5.49. The Labute approximate surface area is 179 Å². The van der Waals surface area contributed by atoms with E-state index in [4.69, 9.17) is 14.5 Å². The molecule has 0 fully saturated rings. The second kappa shape index (κ2) is 13.3. The van der Waals surface area contributed by atoms with E-state index in [2.05, 4.69) is 39.6 Å². The molecule has 2 rings (SSSR count). The van der Waals surface area contributed by atoms with Crippen molar-refractivity contribution in [2.45, 2.75) is 45.9 Å². The minimum atomic E-state index is 0.0325. The van der Waals surface area contributed by atoms with Gasteiger partial charge < -0.3 is 19.7 Å². The number of guanidine groups is 1. The second-order valence-corrected chi connectivity index (χ2v) is 7.78. The van der Waals surface area contributed by atoms with E-state index in [1.54, 1.807) is 18.4 Å². The van der Waals surface area contributed by atoms with Gasteiger partial charge in [0.2, 0.25) is 0 Å². The summed E-state index contributed by atoms with van der Waals surface area (Å²) < 4.78 is 11.1. The van der Waals surface area contributed by atoms with Gasteiger partial charge in [0.05, 0.1) is 18.8 Å². The van der Waals surface area contributed by atoms with Gasteiger partial charge in [-0.05, 0) is 32.3 Å². The summed E-state index contributed by atoms with van der Waals surface area (Å²) in [6.45, 7) is 7.88. The first-order valence-corrected chi connectivity index (χ1v) is 11.1. The molecule has 0 aliphatic carbocycles. The van der Waals surface area contributed by atoms with Crippen LogP contribution in [0.2, 0.25) is 0 Å². The van der Waals surface area contributed by atoms with E-state index in [9.17, 15) is 0 Å². The Morgan fingerprint density at radius 1 is 1.28 bits per heavy atom. The molecular weight excluding hydrogens is 384 g/mol. The molecule has 1 aromatic heterocycles. The molecule has 29 heavy (non-hydrogen) atoms. The Balaban J connectivity index is 1.72. The number of thiazole rings is 1. The van der Waals surface area contributed by atoms with Crippen LogP contribution in [-0.2, 0) is 22.6 Å². The molecule has 160 valence electrons. The lowest BCUT2D eigenvalue weighted by atomic mass is 10.2. The zero-order valence-electron chi connectivity index (χ0n) is 18.1. The Morgan fingerprint density at radius 2 is 2.07 bits per heavy atom. The van der Waals surface area contributed by atoms with Crippen LogP contribution < -0.4 is 5.32 Å². The van der Waals surface area contributed by atoms with Gasteiger partial charge in [-0.1, -0.05) is 30.3 Å². The van der Waals surface area contributed by atoms with E-state index in [0.29, 0.717) is 6.61 Å². The fraction of sp³-hybridized carbons (Fsp3) is 0.545. The number of rotatable bonds is 12. The summed E-state index contributed by atoms with van der Waals surface area (Å²) in [5, 5.41) is 6.46. The van der Waals surface area contributed by atoms with Gasteiger partial charge in [-0.3, -0.25) is 4.99 Å². The quantitative estimate of drug-likeness (QED) is 0.317. The molecule has 0 saturated heterocycles. The van der Waals surface area contributed by atoms with Crippen LogP contribution in [0, 0.1) is 0 Å². The van der Waals surface area contributed by atoms with Crippen molar-refractivity contribution in [1.82, 2.24) is 15.2 Å². The fourth-order valence-electron chi connectivity index (χ4n) is 2.74. The zero-order chi connectivity index (χ0) is 20.9. The highest BCUT2D eigenvalue weighted by Gasteiger charge is 2.12. The van der Waals surface area contributed by atoms with Gasteiger partial charge in [-0.15, -0.1) is 11.3 Å². The zero-order valence-corrected chi connectivity index (χ0v) is 18.9. The van der Waals surface area contributed by atoms with Crippen LogP contribution in [0.1, 0.15) is 49.1 Å². The Kier molecular flexibility index (Phi) is 10.7. The summed E-state index contributed by atoms with van der Waals surface area (Å²) in [7, 11) is 3.75. The molecule has 0 aliphatic heterocycles. The summed E-state index contributed by atoms with van der Waals surface area (Å²) in [4.78, 5) is 11.5. The van der Waals surface area contributed by atoms with E-state index in [0.717, 1.165) is 55.7 Å².